The van der Waals surface area contributed by atoms with Crippen molar-refractivity contribution in [2.45, 2.75) is 18.5 Å². The summed E-state index contributed by atoms with van der Waals surface area (Å²) >= 11 is 0. The summed E-state index contributed by atoms with van der Waals surface area (Å²) in [4.78, 5) is 15.4. The number of hydrogen-bond donors (Lipinski definition) is 3. The van der Waals surface area contributed by atoms with Crippen molar-refractivity contribution < 1.29 is 18.0 Å². The highest BCUT2D eigenvalue weighted by Gasteiger charge is 2.35. The molecule has 0 aliphatic carbocycles. The molecule has 1 aliphatic rings. The van der Waals surface area contributed by atoms with Gasteiger partial charge in [0.2, 0.25) is 5.91 Å². The fourth-order valence-corrected chi connectivity index (χ4v) is 3.59. The van der Waals surface area contributed by atoms with Gasteiger partial charge in [0, 0.05) is 29.2 Å². The maximum atomic E-state index is 14.4. The Balaban J connectivity index is 1.92. The minimum absolute atomic E-state index is 0.0506. The van der Waals surface area contributed by atoms with E-state index in [0.29, 0.717) is 12.1 Å². The van der Waals surface area contributed by atoms with Crippen LogP contribution >= 0.6 is 0 Å². The summed E-state index contributed by atoms with van der Waals surface area (Å²) in [5.74, 6) is -4.29. The third-order valence-corrected chi connectivity index (χ3v) is 4.85. The lowest BCUT2D eigenvalue weighted by Crippen LogP contribution is -2.49. The van der Waals surface area contributed by atoms with E-state index in [1.807, 2.05) is 24.3 Å². The van der Waals surface area contributed by atoms with Gasteiger partial charge < -0.3 is 10.3 Å². The molecule has 0 saturated carbocycles. The van der Waals surface area contributed by atoms with Crippen LogP contribution in [0.2, 0.25) is 0 Å². The summed E-state index contributed by atoms with van der Waals surface area (Å²) in [5, 5.41) is 6.55. The van der Waals surface area contributed by atoms with Gasteiger partial charge in [-0.3, -0.25) is 10.1 Å². The van der Waals surface area contributed by atoms with E-state index < -0.39 is 29.5 Å². The molecule has 2 atom stereocenters. The van der Waals surface area contributed by atoms with Crippen molar-refractivity contribution >= 4 is 16.8 Å². The number of benzene rings is 2. The highest BCUT2D eigenvalue weighted by Crippen LogP contribution is 2.36. The topological polar surface area (TPSA) is 56.9 Å². The first-order chi connectivity index (χ1) is 12.5. The summed E-state index contributed by atoms with van der Waals surface area (Å²) < 4.78 is 41.6. The van der Waals surface area contributed by atoms with Gasteiger partial charge in [-0.05, 0) is 24.1 Å². The molecule has 0 fully saturated rings. The van der Waals surface area contributed by atoms with Gasteiger partial charge in [-0.25, -0.2) is 13.2 Å². The molecule has 0 unspecified atom stereocenters. The summed E-state index contributed by atoms with van der Waals surface area (Å²) in [7, 11) is 1.52. The average molecular weight is 359 g/mol. The van der Waals surface area contributed by atoms with Gasteiger partial charge in [0.05, 0.1) is 12.1 Å². The Morgan fingerprint density at radius 1 is 1.12 bits per heavy atom. The molecule has 26 heavy (non-hydrogen) atoms. The molecular weight excluding hydrogens is 343 g/mol. The quantitative estimate of drug-likeness (QED) is 0.616. The number of carbonyl (C=O) groups excluding carboxylic acids is 1. The van der Waals surface area contributed by atoms with E-state index >= 15 is 0 Å². The smallest absolute Gasteiger partial charge is 0.237 e. The fourth-order valence-electron chi connectivity index (χ4n) is 3.59. The average Bonchev–Trinajstić information content (AvgIpc) is 3.04. The highest BCUT2D eigenvalue weighted by atomic mass is 19.2. The number of carbonyl (C=O) groups is 1. The summed E-state index contributed by atoms with van der Waals surface area (Å²) in [5.41, 5.74) is 2.30. The van der Waals surface area contributed by atoms with Crippen molar-refractivity contribution in [3.8, 4) is 0 Å². The summed E-state index contributed by atoms with van der Waals surface area (Å²) in [6.07, 6.45) is 0.404. The van der Waals surface area contributed by atoms with Crippen molar-refractivity contribution in [1.29, 1.82) is 0 Å². The van der Waals surface area contributed by atoms with Gasteiger partial charge in [-0.15, -0.1) is 0 Å². The van der Waals surface area contributed by atoms with E-state index in [4.69, 9.17) is 0 Å². The van der Waals surface area contributed by atoms with Gasteiger partial charge in [-0.2, -0.15) is 0 Å². The normalized spacial score (nSPS) is 19.4. The van der Waals surface area contributed by atoms with Crippen molar-refractivity contribution in [2.75, 3.05) is 7.05 Å². The third kappa shape index (κ3) is 2.47. The summed E-state index contributed by atoms with van der Waals surface area (Å²) in [6.45, 7) is 0. The predicted molar refractivity (Wildman–Crippen MR) is 91.2 cm³/mol. The zero-order chi connectivity index (χ0) is 18.4. The van der Waals surface area contributed by atoms with Crippen LogP contribution in [0.4, 0.5) is 13.2 Å². The Morgan fingerprint density at radius 3 is 2.65 bits per heavy atom. The molecular formula is C19H16F3N3O. The first-order valence-corrected chi connectivity index (χ1v) is 8.21. The zero-order valence-electron chi connectivity index (χ0n) is 13.9. The van der Waals surface area contributed by atoms with Crippen LogP contribution in [0.25, 0.3) is 10.9 Å². The van der Waals surface area contributed by atoms with E-state index in [1.165, 1.54) is 13.1 Å². The molecule has 3 aromatic rings. The number of para-hydroxylation sites is 1. The third-order valence-electron chi connectivity index (χ3n) is 4.85. The molecule has 0 radical (unpaired) electrons. The molecule has 2 heterocycles. The Bertz CT molecular complexity index is 1010. The highest BCUT2D eigenvalue weighted by molar-refractivity contribution is 5.88. The number of hydrogen-bond acceptors (Lipinski definition) is 2. The molecule has 2 aromatic carbocycles. The Hall–Kier alpha value is -2.80. The molecule has 1 aromatic heterocycles. The standard InChI is InChI=1S/C19H16F3N3O/c1-23-19(26)14-8-11-9-4-2-3-5-13(9)24-18(11)17(25-14)10-6-7-12(20)16(22)15(10)21/h2-7,14,17,24-25H,8H2,1H3,(H,23,26)/t14-,17+/m0/s1. The number of nitrogens with one attached hydrogen (secondary N) is 3. The number of aromatic amines is 1. The van der Waals surface area contributed by atoms with Crippen molar-refractivity contribution in [3.05, 3.63) is 70.7 Å². The van der Waals surface area contributed by atoms with Crippen molar-refractivity contribution in [2.24, 2.45) is 0 Å². The van der Waals surface area contributed by atoms with Crippen LogP contribution in [0.5, 0.6) is 0 Å². The van der Waals surface area contributed by atoms with Crippen molar-refractivity contribution in [1.82, 2.24) is 15.6 Å². The molecule has 4 nitrogen and oxygen atoms in total. The second-order valence-corrected chi connectivity index (χ2v) is 6.30. The maximum absolute atomic E-state index is 14.4. The molecule has 134 valence electrons. The van der Waals surface area contributed by atoms with E-state index in [0.717, 1.165) is 22.5 Å². The SMILES string of the molecule is CNC(=O)[C@@H]1Cc2c([nH]c3ccccc23)[C@@H](c2ccc(F)c(F)c2F)N1. The maximum Gasteiger partial charge on any atom is 0.237 e. The van der Waals surface area contributed by atoms with Crippen LogP contribution in [0.3, 0.4) is 0 Å². The predicted octanol–water partition coefficient (Wildman–Crippen LogP) is 2.93. The molecule has 1 aliphatic heterocycles. The number of likely N-dealkylation sites (N-methyl/N-ethyl adjacent to an activating group) is 1. The van der Waals surface area contributed by atoms with E-state index in [-0.39, 0.29) is 11.5 Å². The Kier molecular flexibility index (Phi) is 3.96. The molecule has 0 saturated heterocycles. The monoisotopic (exact) mass is 359 g/mol. The molecule has 1 amide bonds. The van der Waals surface area contributed by atoms with Crippen LogP contribution in [-0.4, -0.2) is 24.0 Å². The van der Waals surface area contributed by atoms with Gasteiger partial charge in [0.25, 0.3) is 0 Å². The molecule has 7 heteroatoms. The Morgan fingerprint density at radius 2 is 1.88 bits per heavy atom. The van der Waals surface area contributed by atoms with Gasteiger partial charge in [0.1, 0.15) is 0 Å². The van der Waals surface area contributed by atoms with E-state index in [2.05, 4.69) is 15.6 Å². The molecule has 0 bridgehead atoms. The number of rotatable bonds is 2. The first-order valence-electron chi connectivity index (χ1n) is 8.21. The molecule has 0 spiro atoms. The molecule has 3 N–H and O–H groups in total. The lowest BCUT2D eigenvalue weighted by atomic mass is 9.89. The second-order valence-electron chi connectivity index (χ2n) is 6.30. The lowest BCUT2D eigenvalue weighted by Gasteiger charge is -2.31. The number of fused-ring (bicyclic) bond motifs is 3. The fraction of sp³-hybridized carbons (Fsp3) is 0.211. The van der Waals surface area contributed by atoms with Crippen LogP contribution in [0.1, 0.15) is 22.9 Å². The van der Waals surface area contributed by atoms with E-state index in [1.54, 1.807) is 0 Å². The van der Waals surface area contributed by atoms with Gasteiger partial charge >= 0.3 is 0 Å². The lowest BCUT2D eigenvalue weighted by molar-refractivity contribution is -0.122. The minimum Gasteiger partial charge on any atom is -0.358 e. The van der Waals surface area contributed by atoms with Crippen LogP contribution in [0, 0.1) is 17.5 Å². The largest absolute Gasteiger partial charge is 0.358 e. The van der Waals surface area contributed by atoms with Crippen LogP contribution in [-0.2, 0) is 11.2 Å². The van der Waals surface area contributed by atoms with Gasteiger partial charge in [-0.1, -0.05) is 24.3 Å². The number of halogens is 3. The van der Waals surface area contributed by atoms with Crippen LogP contribution < -0.4 is 10.6 Å². The zero-order valence-corrected chi connectivity index (χ0v) is 13.9. The number of aromatic nitrogens is 1. The summed E-state index contributed by atoms with van der Waals surface area (Å²) in [6, 6.07) is 8.19. The number of H-pyrrole nitrogens is 1. The second kappa shape index (κ2) is 6.17. The first kappa shape index (κ1) is 16.7. The minimum atomic E-state index is -1.52. The number of amides is 1. The van der Waals surface area contributed by atoms with Crippen molar-refractivity contribution in [3.63, 3.8) is 0 Å². The molecule has 4 rings (SSSR count). The van der Waals surface area contributed by atoms with Gasteiger partial charge in [0.15, 0.2) is 17.5 Å². The Labute approximate surface area is 147 Å². The van der Waals surface area contributed by atoms with E-state index in [9.17, 15) is 18.0 Å². The van der Waals surface area contributed by atoms with Crippen LogP contribution in [0.15, 0.2) is 36.4 Å².